The second-order valence-electron chi connectivity index (χ2n) is 5.38. The Morgan fingerprint density at radius 2 is 1.94 bits per heavy atom. The monoisotopic (exact) mass is 232 g/mol. The third kappa shape index (κ3) is 1.34. The summed E-state index contributed by atoms with van der Waals surface area (Å²) < 4.78 is 5.79. The van der Waals surface area contributed by atoms with Gasteiger partial charge in [0.25, 0.3) is 0 Å². The van der Waals surface area contributed by atoms with Crippen LogP contribution in [0.15, 0.2) is 30.3 Å². The number of hydrogen-bond acceptors (Lipinski definition) is 2. The molecule has 92 valence electrons. The number of rotatable bonds is 2. The number of benzene rings is 1. The molecule has 2 saturated carbocycles. The van der Waals surface area contributed by atoms with Crippen molar-refractivity contribution in [3.8, 4) is 0 Å². The van der Waals surface area contributed by atoms with Gasteiger partial charge in [0.1, 0.15) is 11.2 Å². The second kappa shape index (κ2) is 3.82. The average Bonchev–Trinajstić information content (AvgIpc) is 2.95. The highest BCUT2D eigenvalue weighted by atomic mass is 16.5. The van der Waals surface area contributed by atoms with Crippen molar-refractivity contribution >= 4 is 0 Å². The zero-order chi connectivity index (χ0) is 11.9. The molecule has 0 saturated heterocycles. The van der Waals surface area contributed by atoms with Gasteiger partial charge in [0.15, 0.2) is 0 Å². The summed E-state index contributed by atoms with van der Waals surface area (Å²) in [6.07, 6.45) is 5.53. The number of fused-ring (bicyclic) bond motifs is 1. The van der Waals surface area contributed by atoms with Crippen LogP contribution in [0.5, 0.6) is 0 Å². The van der Waals surface area contributed by atoms with Crippen LogP contribution in [0.1, 0.15) is 37.7 Å². The Hall–Kier alpha value is -0.860. The molecular formula is C15H20O2. The van der Waals surface area contributed by atoms with Crippen LogP contribution in [-0.2, 0) is 10.3 Å². The normalized spacial score (nSPS) is 40.5. The molecule has 2 aliphatic rings. The third-order valence-corrected chi connectivity index (χ3v) is 4.70. The molecule has 2 nitrogen and oxygen atoms in total. The highest BCUT2D eigenvalue weighted by Gasteiger charge is 2.77. The van der Waals surface area contributed by atoms with Gasteiger partial charge in [0.05, 0.1) is 0 Å². The van der Waals surface area contributed by atoms with Crippen LogP contribution >= 0.6 is 0 Å². The Bertz CT molecular complexity index is 403. The van der Waals surface area contributed by atoms with E-state index in [0.29, 0.717) is 0 Å². The van der Waals surface area contributed by atoms with Crippen LogP contribution in [0.3, 0.4) is 0 Å². The Labute approximate surface area is 103 Å². The molecule has 3 rings (SSSR count). The predicted octanol–water partition coefficient (Wildman–Crippen LogP) is 2.85. The maximum atomic E-state index is 10.9. The summed E-state index contributed by atoms with van der Waals surface area (Å²) in [6.45, 7) is 0. The fourth-order valence-corrected chi connectivity index (χ4v) is 3.87. The Balaban J connectivity index is 2.00. The van der Waals surface area contributed by atoms with Crippen molar-refractivity contribution in [2.24, 2.45) is 5.92 Å². The molecule has 0 amide bonds. The lowest BCUT2D eigenvalue weighted by molar-refractivity contribution is -0.0208. The van der Waals surface area contributed by atoms with E-state index in [1.165, 1.54) is 12.8 Å². The fraction of sp³-hybridized carbons (Fsp3) is 0.600. The molecule has 1 aromatic rings. The average molecular weight is 232 g/mol. The van der Waals surface area contributed by atoms with Crippen molar-refractivity contribution < 1.29 is 9.84 Å². The van der Waals surface area contributed by atoms with Gasteiger partial charge in [-0.15, -0.1) is 0 Å². The highest BCUT2D eigenvalue weighted by Crippen LogP contribution is 2.68. The van der Waals surface area contributed by atoms with Crippen molar-refractivity contribution in [3.05, 3.63) is 35.9 Å². The van der Waals surface area contributed by atoms with E-state index in [1.54, 1.807) is 7.11 Å². The maximum Gasteiger partial charge on any atom is 0.127 e. The first-order valence-electron chi connectivity index (χ1n) is 6.59. The van der Waals surface area contributed by atoms with Gasteiger partial charge in [-0.05, 0) is 18.4 Å². The van der Waals surface area contributed by atoms with E-state index in [0.717, 1.165) is 24.8 Å². The molecule has 0 aliphatic heterocycles. The van der Waals surface area contributed by atoms with Crippen molar-refractivity contribution in [3.63, 3.8) is 0 Å². The van der Waals surface area contributed by atoms with E-state index in [-0.39, 0.29) is 5.92 Å². The first-order chi connectivity index (χ1) is 8.25. The standard InChI is InChI=1S/C15H20O2/c1-17-15(12-8-4-2-5-9-12)13-10-6-3-7-11-14(13,15)16/h2,4-5,8-9,13,16H,3,6-7,10-11H2,1H3/t13-,14-,15+/m1/s1. The van der Waals surface area contributed by atoms with Crippen LogP contribution in [0.4, 0.5) is 0 Å². The van der Waals surface area contributed by atoms with Crippen molar-refractivity contribution in [2.75, 3.05) is 7.11 Å². The fourth-order valence-electron chi connectivity index (χ4n) is 3.87. The van der Waals surface area contributed by atoms with Gasteiger partial charge < -0.3 is 9.84 Å². The van der Waals surface area contributed by atoms with Crippen molar-refractivity contribution in [1.29, 1.82) is 0 Å². The lowest BCUT2D eigenvalue weighted by atomic mass is 9.98. The molecule has 2 fully saturated rings. The molecule has 0 aromatic heterocycles. The van der Waals surface area contributed by atoms with Crippen molar-refractivity contribution in [1.82, 2.24) is 0 Å². The van der Waals surface area contributed by atoms with Crippen LogP contribution < -0.4 is 0 Å². The summed E-state index contributed by atoms with van der Waals surface area (Å²) in [5.41, 5.74) is 0.0748. The van der Waals surface area contributed by atoms with Gasteiger partial charge in [-0.2, -0.15) is 0 Å². The summed E-state index contributed by atoms with van der Waals surface area (Å²) in [4.78, 5) is 0. The van der Waals surface area contributed by atoms with Crippen LogP contribution in [0.2, 0.25) is 0 Å². The third-order valence-electron chi connectivity index (χ3n) is 4.70. The van der Waals surface area contributed by atoms with Gasteiger partial charge in [-0.25, -0.2) is 0 Å². The van der Waals surface area contributed by atoms with Gasteiger partial charge in [-0.1, -0.05) is 49.6 Å². The number of aliphatic hydroxyl groups is 1. The molecule has 2 aliphatic carbocycles. The summed E-state index contributed by atoms with van der Waals surface area (Å²) in [6, 6.07) is 10.2. The quantitative estimate of drug-likeness (QED) is 0.849. The Morgan fingerprint density at radius 3 is 2.65 bits per heavy atom. The van der Waals surface area contributed by atoms with Crippen molar-refractivity contribution in [2.45, 2.75) is 43.3 Å². The molecule has 0 unspecified atom stereocenters. The molecular weight excluding hydrogens is 212 g/mol. The van der Waals surface area contributed by atoms with E-state index in [9.17, 15) is 5.11 Å². The minimum absolute atomic E-state index is 0.282. The summed E-state index contributed by atoms with van der Waals surface area (Å²) in [5.74, 6) is 0.282. The first-order valence-corrected chi connectivity index (χ1v) is 6.59. The van der Waals surface area contributed by atoms with E-state index in [4.69, 9.17) is 4.74 Å². The van der Waals surface area contributed by atoms with E-state index < -0.39 is 11.2 Å². The molecule has 1 aromatic carbocycles. The van der Waals surface area contributed by atoms with Gasteiger partial charge in [-0.3, -0.25) is 0 Å². The summed E-state index contributed by atoms with van der Waals surface area (Å²) in [7, 11) is 1.74. The minimum atomic E-state index is -0.625. The maximum absolute atomic E-state index is 10.9. The minimum Gasteiger partial charge on any atom is -0.386 e. The Kier molecular flexibility index (Phi) is 2.53. The molecule has 0 radical (unpaired) electrons. The molecule has 3 atom stereocenters. The van der Waals surface area contributed by atoms with Crippen LogP contribution in [0.25, 0.3) is 0 Å². The molecule has 0 bridgehead atoms. The number of hydrogen-bond donors (Lipinski definition) is 1. The molecule has 17 heavy (non-hydrogen) atoms. The predicted molar refractivity (Wildman–Crippen MR) is 66.7 cm³/mol. The van der Waals surface area contributed by atoms with Gasteiger partial charge >= 0.3 is 0 Å². The zero-order valence-electron chi connectivity index (χ0n) is 10.4. The molecule has 1 N–H and O–H groups in total. The second-order valence-corrected chi connectivity index (χ2v) is 5.38. The lowest BCUT2D eigenvalue weighted by Gasteiger charge is -2.21. The van der Waals surface area contributed by atoms with E-state index in [2.05, 4.69) is 12.1 Å². The summed E-state index contributed by atoms with van der Waals surface area (Å²) in [5, 5.41) is 10.9. The molecule has 2 heteroatoms. The number of ether oxygens (including phenoxy) is 1. The smallest absolute Gasteiger partial charge is 0.127 e. The SMILES string of the molecule is CO[C@@]1(c2ccccc2)[C@@H]2CCCCC[C@@]21O. The topological polar surface area (TPSA) is 29.5 Å². The van der Waals surface area contributed by atoms with Crippen LogP contribution in [-0.4, -0.2) is 17.8 Å². The largest absolute Gasteiger partial charge is 0.386 e. The summed E-state index contributed by atoms with van der Waals surface area (Å²) >= 11 is 0. The lowest BCUT2D eigenvalue weighted by Crippen LogP contribution is -2.25. The van der Waals surface area contributed by atoms with E-state index >= 15 is 0 Å². The first kappa shape index (κ1) is 11.2. The van der Waals surface area contributed by atoms with Crippen LogP contribution in [0, 0.1) is 5.92 Å². The highest BCUT2D eigenvalue weighted by molar-refractivity contribution is 5.40. The Morgan fingerprint density at radius 1 is 1.18 bits per heavy atom. The number of methoxy groups -OCH3 is 1. The molecule has 0 heterocycles. The van der Waals surface area contributed by atoms with E-state index in [1.807, 2.05) is 18.2 Å². The molecule has 0 spiro atoms. The van der Waals surface area contributed by atoms with Gasteiger partial charge in [0, 0.05) is 13.0 Å². The zero-order valence-corrected chi connectivity index (χ0v) is 10.4. The van der Waals surface area contributed by atoms with Gasteiger partial charge in [0.2, 0.25) is 0 Å².